The van der Waals surface area contributed by atoms with E-state index in [9.17, 15) is 9.59 Å². The number of rotatable bonds is 9. The molecule has 0 unspecified atom stereocenters. The van der Waals surface area contributed by atoms with Crippen LogP contribution >= 0.6 is 0 Å². The van der Waals surface area contributed by atoms with Gasteiger partial charge in [0, 0.05) is 18.5 Å². The van der Waals surface area contributed by atoms with Crippen molar-refractivity contribution in [1.29, 1.82) is 0 Å². The second kappa shape index (κ2) is 10.3. The summed E-state index contributed by atoms with van der Waals surface area (Å²) in [5.41, 5.74) is 1.57. The second-order valence-corrected chi connectivity index (χ2v) is 6.08. The molecule has 2 N–H and O–H groups in total. The average molecular weight is 338 g/mol. The Balaban J connectivity index is 2.03. The quantitative estimate of drug-likeness (QED) is 0.689. The molecule has 2 rings (SSSR count). The van der Waals surface area contributed by atoms with Crippen LogP contribution < -0.4 is 10.6 Å². The first-order valence-electron chi connectivity index (χ1n) is 8.88. The maximum absolute atomic E-state index is 12.6. The van der Waals surface area contributed by atoms with Gasteiger partial charge in [0.05, 0.1) is 0 Å². The Hall–Kier alpha value is -2.62. The van der Waals surface area contributed by atoms with E-state index in [2.05, 4.69) is 17.6 Å². The Bertz CT molecular complexity index is 656. The third-order valence-electron chi connectivity index (χ3n) is 4.02. The highest BCUT2D eigenvalue weighted by molar-refractivity contribution is 5.97. The van der Waals surface area contributed by atoms with E-state index in [0.29, 0.717) is 18.5 Å². The lowest BCUT2D eigenvalue weighted by Crippen LogP contribution is -2.48. The molecule has 0 aliphatic carbocycles. The van der Waals surface area contributed by atoms with Crippen LogP contribution in [0.5, 0.6) is 0 Å². The van der Waals surface area contributed by atoms with Crippen molar-refractivity contribution >= 4 is 11.8 Å². The molecule has 0 aliphatic rings. The third-order valence-corrected chi connectivity index (χ3v) is 4.02. The summed E-state index contributed by atoms with van der Waals surface area (Å²) >= 11 is 0. The van der Waals surface area contributed by atoms with E-state index in [-0.39, 0.29) is 11.8 Å². The maximum Gasteiger partial charge on any atom is 0.251 e. The molecule has 1 atom stereocenters. The molecule has 25 heavy (non-hydrogen) atoms. The Morgan fingerprint density at radius 2 is 1.56 bits per heavy atom. The summed E-state index contributed by atoms with van der Waals surface area (Å²) in [5.74, 6) is -0.366. The molecule has 2 aromatic rings. The van der Waals surface area contributed by atoms with E-state index < -0.39 is 6.04 Å². The number of nitrogens with one attached hydrogen (secondary N) is 2. The number of carbonyl (C=O) groups excluding carboxylic acids is 2. The number of unbranched alkanes of at least 4 members (excludes halogenated alkanes) is 2. The van der Waals surface area contributed by atoms with Gasteiger partial charge in [-0.3, -0.25) is 9.59 Å². The summed E-state index contributed by atoms with van der Waals surface area (Å²) in [6.07, 6.45) is 3.61. The molecular formula is C21H26N2O2. The Labute approximate surface area is 149 Å². The highest BCUT2D eigenvalue weighted by atomic mass is 16.2. The van der Waals surface area contributed by atoms with Gasteiger partial charge < -0.3 is 10.6 Å². The van der Waals surface area contributed by atoms with Gasteiger partial charge in [0.1, 0.15) is 6.04 Å². The first kappa shape index (κ1) is 18.7. The average Bonchev–Trinajstić information content (AvgIpc) is 2.66. The molecule has 0 radical (unpaired) electrons. The largest absolute Gasteiger partial charge is 0.354 e. The number of hydrogen-bond acceptors (Lipinski definition) is 2. The molecule has 0 fully saturated rings. The van der Waals surface area contributed by atoms with E-state index in [0.717, 1.165) is 24.8 Å². The fourth-order valence-electron chi connectivity index (χ4n) is 2.60. The Morgan fingerprint density at radius 1 is 0.920 bits per heavy atom. The van der Waals surface area contributed by atoms with Gasteiger partial charge in [-0.05, 0) is 24.1 Å². The Morgan fingerprint density at radius 3 is 2.20 bits per heavy atom. The minimum absolute atomic E-state index is 0.135. The maximum atomic E-state index is 12.6. The highest BCUT2D eigenvalue weighted by Crippen LogP contribution is 2.06. The monoisotopic (exact) mass is 338 g/mol. The van der Waals surface area contributed by atoms with Crippen LogP contribution in [0, 0.1) is 0 Å². The van der Waals surface area contributed by atoms with Crippen molar-refractivity contribution in [2.24, 2.45) is 0 Å². The molecule has 0 saturated carbocycles. The first-order chi connectivity index (χ1) is 12.2. The lowest BCUT2D eigenvalue weighted by atomic mass is 10.0. The zero-order chi connectivity index (χ0) is 17.9. The second-order valence-electron chi connectivity index (χ2n) is 6.08. The summed E-state index contributed by atoms with van der Waals surface area (Å²) in [5, 5.41) is 5.81. The summed E-state index contributed by atoms with van der Waals surface area (Å²) in [7, 11) is 0. The fraction of sp³-hybridized carbons (Fsp3) is 0.333. The topological polar surface area (TPSA) is 58.2 Å². The minimum Gasteiger partial charge on any atom is -0.354 e. The van der Waals surface area contributed by atoms with E-state index in [4.69, 9.17) is 0 Å². The molecule has 2 aromatic carbocycles. The first-order valence-corrected chi connectivity index (χ1v) is 8.88. The molecular weight excluding hydrogens is 312 g/mol. The summed E-state index contributed by atoms with van der Waals surface area (Å²) in [6.45, 7) is 2.76. The molecule has 0 bridgehead atoms. The number of amides is 2. The van der Waals surface area contributed by atoms with Crippen LogP contribution in [0.3, 0.4) is 0 Å². The normalized spacial score (nSPS) is 11.6. The number of hydrogen-bond donors (Lipinski definition) is 2. The van der Waals surface area contributed by atoms with Crippen LogP contribution in [-0.4, -0.2) is 24.4 Å². The van der Waals surface area contributed by atoms with Crippen LogP contribution in [-0.2, 0) is 11.2 Å². The zero-order valence-corrected chi connectivity index (χ0v) is 14.7. The molecule has 0 saturated heterocycles. The lowest BCUT2D eigenvalue weighted by Gasteiger charge is -2.19. The molecule has 4 heteroatoms. The van der Waals surface area contributed by atoms with Gasteiger partial charge in [0.2, 0.25) is 5.91 Å². The fourth-order valence-corrected chi connectivity index (χ4v) is 2.60. The SMILES string of the molecule is CCCCCNC(=O)[C@@H](Cc1ccccc1)NC(=O)c1ccccc1. The van der Waals surface area contributed by atoms with Gasteiger partial charge in [0.15, 0.2) is 0 Å². The molecule has 0 heterocycles. The van der Waals surface area contributed by atoms with Crippen molar-refractivity contribution < 1.29 is 9.59 Å². The molecule has 0 aromatic heterocycles. The van der Waals surface area contributed by atoms with Crippen LogP contribution in [0.25, 0.3) is 0 Å². The molecule has 132 valence electrons. The lowest BCUT2D eigenvalue weighted by molar-refractivity contribution is -0.122. The van der Waals surface area contributed by atoms with Gasteiger partial charge in [0.25, 0.3) is 5.91 Å². The minimum atomic E-state index is -0.586. The van der Waals surface area contributed by atoms with E-state index in [1.54, 1.807) is 12.1 Å². The highest BCUT2D eigenvalue weighted by Gasteiger charge is 2.21. The van der Waals surface area contributed by atoms with Crippen LogP contribution in [0.4, 0.5) is 0 Å². The Kier molecular flexibility index (Phi) is 7.70. The predicted molar refractivity (Wildman–Crippen MR) is 100 cm³/mol. The summed E-state index contributed by atoms with van der Waals surface area (Å²) in [4.78, 5) is 25.0. The zero-order valence-electron chi connectivity index (χ0n) is 14.7. The van der Waals surface area contributed by atoms with Crippen molar-refractivity contribution in [3.63, 3.8) is 0 Å². The number of benzene rings is 2. The third kappa shape index (κ3) is 6.42. The number of carbonyl (C=O) groups is 2. The van der Waals surface area contributed by atoms with Crippen LogP contribution in [0.15, 0.2) is 60.7 Å². The van der Waals surface area contributed by atoms with E-state index in [1.165, 1.54) is 0 Å². The van der Waals surface area contributed by atoms with Gasteiger partial charge in [-0.1, -0.05) is 68.3 Å². The van der Waals surface area contributed by atoms with Crippen LogP contribution in [0.2, 0.25) is 0 Å². The van der Waals surface area contributed by atoms with Crippen molar-refractivity contribution in [1.82, 2.24) is 10.6 Å². The van der Waals surface area contributed by atoms with Crippen LogP contribution in [0.1, 0.15) is 42.1 Å². The van der Waals surface area contributed by atoms with Gasteiger partial charge in [-0.15, -0.1) is 0 Å². The van der Waals surface area contributed by atoms with Crippen molar-refractivity contribution in [2.45, 2.75) is 38.6 Å². The van der Waals surface area contributed by atoms with Crippen molar-refractivity contribution in [3.8, 4) is 0 Å². The molecule has 2 amide bonds. The standard InChI is InChI=1S/C21H26N2O2/c1-2-3-10-15-22-21(25)19(16-17-11-6-4-7-12-17)23-20(24)18-13-8-5-9-14-18/h4-9,11-14,19H,2-3,10,15-16H2,1H3,(H,22,25)(H,23,24)/t19-/m1/s1. The summed E-state index contributed by atoms with van der Waals surface area (Å²) in [6, 6.07) is 18.1. The predicted octanol–water partition coefficient (Wildman–Crippen LogP) is 3.33. The van der Waals surface area contributed by atoms with Gasteiger partial charge in [-0.2, -0.15) is 0 Å². The van der Waals surface area contributed by atoms with Crippen molar-refractivity contribution in [3.05, 3.63) is 71.8 Å². The van der Waals surface area contributed by atoms with Gasteiger partial charge >= 0.3 is 0 Å². The smallest absolute Gasteiger partial charge is 0.251 e. The molecule has 0 spiro atoms. The van der Waals surface area contributed by atoms with E-state index >= 15 is 0 Å². The van der Waals surface area contributed by atoms with E-state index in [1.807, 2.05) is 48.5 Å². The summed E-state index contributed by atoms with van der Waals surface area (Å²) < 4.78 is 0. The van der Waals surface area contributed by atoms with Crippen molar-refractivity contribution in [2.75, 3.05) is 6.54 Å². The van der Waals surface area contributed by atoms with Gasteiger partial charge in [-0.25, -0.2) is 0 Å². The molecule has 4 nitrogen and oxygen atoms in total. The molecule has 0 aliphatic heterocycles.